The molecule has 3 rings (SSSR count). The molecule has 10 heteroatoms. The maximum Gasteiger partial charge on any atom is 0.407 e. The minimum Gasteiger partial charge on any atom is -0.480 e. The first-order chi connectivity index (χ1) is 16.9. The van der Waals surface area contributed by atoms with Crippen LogP contribution in [0.25, 0.3) is 10.9 Å². The van der Waals surface area contributed by atoms with Gasteiger partial charge in [-0.3, -0.25) is 4.79 Å². The molecule has 0 aliphatic rings. The summed E-state index contributed by atoms with van der Waals surface area (Å²) in [5, 5.41) is 14.9. The number of nitrogen functional groups attached to an aromatic ring is 1. The lowest BCUT2D eigenvalue weighted by atomic mass is 10.1. The number of rotatable bonds is 11. The van der Waals surface area contributed by atoms with Gasteiger partial charge in [0.1, 0.15) is 17.7 Å². The summed E-state index contributed by atoms with van der Waals surface area (Å²) in [4.78, 5) is 44.5. The summed E-state index contributed by atoms with van der Waals surface area (Å²) in [6.45, 7) is 1.87. The summed E-state index contributed by atoms with van der Waals surface area (Å²) >= 11 is 0. The van der Waals surface area contributed by atoms with Gasteiger partial charge in [0, 0.05) is 23.9 Å². The Balaban J connectivity index is 1.51. The second kappa shape index (κ2) is 12.3. The highest BCUT2D eigenvalue weighted by atomic mass is 16.5. The molecule has 1 aromatic heterocycles. The van der Waals surface area contributed by atoms with E-state index in [2.05, 4.69) is 20.6 Å². The molecule has 1 unspecified atom stereocenters. The highest BCUT2D eigenvalue weighted by Crippen LogP contribution is 2.18. The van der Waals surface area contributed by atoms with Crippen molar-refractivity contribution in [2.45, 2.75) is 38.6 Å². The molecule has 0 saturated carbocycles. The molecule has 184 valence electrons. The topological polar surface area (TPSA) is 157 Å². The number of aryl methyl sites for hydroxylation is 2. The van der Waals surface area contributed by atoms with Gasteiger partial charge in [-0.15, -0.1) is 0 Å². The van der Waals surface area contributed by atoms with Crippen LogP contribution in [0.15, 0.2) is 48.5 Å². The number of nitrogens with zero attached hydrogens (tertiary/aromatic N) is 2. The lowest BCUT2D eigenvalue weighted by molar-refractivity contribution is -0.139. The van der Waals surface area contributed by atoms with E-state index in [1.807, 2.05) is 43.3 Å². The highest BCUT2D eigenvalue weighted by molar-refractivity contribution is 5.94. The number of aliphatic carboxylic acids is 1. The van der Waals surface area contributed by atoms with E-state index in [-0.39, 0.29) is 13.2 Å². The van der Waals surface area contributed by atoms with Gasteiger partial charge in [-0.2, -0.15) is 0 Å². The normalized spacial score (nSPS) is 11.6. The first-order valence-corrected chi connectivity index (χ1v) is 11.4. The van der Waals surface area contributed by atoms with Crippen molar-refractivity contribution >= 4 is 34.7 Å². The summed E-state index contributed by atoms with van der Waals surface area (Å²) in [6, 6.07) is 13.2. The van der Waals surface area contributed by atoms with E-state index in [9.17, 15) is 19.5 Å². The Bertz CT molecular complexity index is 1180. The zero-order valence-corrected chi connectivity index (χ0v) is 19.5. The number of nitrogens with one attached hydrogen (secondary N) is 2. The molecule has 3 aromatic rings. The van der Waals surface area contributed by atoms with Crippen molar-refractivity contribution in [3.63, 3.8) is 0 Å². The van der Waals surface area contributed by atoms with Crippen molar-refractivity contribution in [2.75, 3.05) is 18.9 Å². The van der Waals surface area contributed by atoms with Gasteiger partial charge in [-0.1, -0.05) is 37.6 Å². The number of carbonyl (C=O) groups excluding carboxylic acids is 2. The van der Waals surface area contributed by atoms with Crippen LogP contribution in [-0.2, 0) is 22.4 Å². The molecule has 0 bridgehead atoms. The zero-order chi connectivity index (χ0) is 25.2. The molecule has 1 atom stereocenters. The van der Waals surface area contributed by atoms with Crippen molar-refractivity contribution in [2.24, 2.45) is 0 Å². The fourth-order valence-electron chi connectivity index (χ4n) is 3.33. The molecular formula is C25H29N5O5. The van der Waals surface area contributed by atoms with Crippen LogP contribution in [-0.4, -0.2) is 52.2 Å². The number of hydrogen-bond acceptors (Lipinski definition) is 7. The van der Waals surface area contributed by atoms with E-state index < -0.39 is 24.0 Å². The van der Waals surface area contributed by atoms with E-state index in [0.717, 1.165) is 22.9 Å². The van der Waals surface area contributed by atoms with Gasteiger partial charge in [0.05, 0.1) is 12.1 Å². The molecule has 0 radical (unpaired) electrons. The van der Waals surface area contributed by atoms with E-state index in [1.54, 1.807) is 12.1 Å². The van der Waals surface area contributed by atoms with E-state index >= 15 is 0 Å². The van der Waals surface area contributed by atoms with Crippen LogP contribution >= 0.6 is 0 Å². The number of hydrogen-bond donors (Lipinski definition) is 4. The number of alkyl carbamates (subject to hydrolysis) is 1. The number of carboxylic acids is 1. The third kappa shape index (κ3) is 7.39. The maximum absolute atomic E-state index is 12.4. The minimum absolute atomic E-state index is 0.202. The molecule has 0 spiro atoms. The van der Waals surface area contributed by atoms with Crippen molar-refractivity contribution in [3.05, 3.63) is 65.5 Å². The first-order valence-electron chi connectivity index (χ1n) is 11.4. The summed E-state index contributed by atoms with van der Waals surface area (Å²) in [6.07, 6.45) is 1.94. The molecule has 0 aliphatic carbocycles. The van der Waals surface area contributed by atoms with Crippen LogP contribution < -0.4 is 16.4 Å². The molecule has 1 heterocycles. The van der Waals surface area contributed by atoms with Gasteiger partial charge in [0.25, 0.3) is 5.91 Å². The number of anilines is 1. The van der Waals surface area contributed by atoms with Crippen LogP contribution in [0, 0.1) is 0 Å². The summed E-state index contributed by atoms with van der Waals surface area (Å²) in [5.41, 5.74) is 8.19. The van der Waals surface area contributed by atoms with Crippen molar-refractivity contribution in [1.29, 1.82) is 0 Å². The molecule has 2 aromatic carbocycles. The fraction of sp³-hybridized carbons (Fsp3) is 0.320. The number of carbonyl (C=O) groups is 3. The molecular weight excluding hydrogens is 450 g/mol. The number of para-hydroxylation sites is 1. The summed E-state index contributed by atoms with van der Waals surface area (Å²) in [5.74, 6) is -0.635. The second-order valence-electron chi connectivity index (χ2n) is 7.97. The van der Waals surface area contributed by atoms with Gasteiger partial charge in [0.15, 0.2) is 0 Å². The molecule has 10 nitrogen and oxygen atoms in total. The molecule has 5 N–H and O–H groups in total. The molecule has 0 aliphatic heterocycles. The molecule has 0 fully saturated rings. The Morgan fingerprint density at radius 2 is 1.80 bits per heavy atom. The highest BCUT2D eigenvalue weighted by Gasteiger charge is 2.21. The fourth-order valence-corrected chi connectivity index (χ4v) is 3.33. The molecule has 35 heavy (non-hydrogen) atoms. The first kappa shape index (κ1) is 25.4. The predicted molar refractivity (Wildman–Crippen MR) is 131 cm³/mol. The third-order valence-electron chi connectivity index (χ3n) is 5.32. The quantitative estimate of drug-likeness (QED) is 0.306. The van der Waals surface area contributed by atoms with Crippen molar-refractivity contribution < 1.29 is 24.2 Å². The number of nitrogens with two attached hydrogens (primary N) is 1. The lowest BCUT2D eigenvalue weighted by Crippen LogP contribution is -2.48. The van der Waals surface area contributed by atoms with Crippen LogP contribution in [0.4, 0.5) is 10.6 Å². The number of amides is 2. The van der Waals surface area contributed by atoms with Crippen LogP contribution in [0.3, 0.4) is 0 Å². The summed E-state index contributed by atoms with van der Waals surface area (Å²) < 4.78 is 4.91. The standard InChI is InChI=1S/C25H29N5O5/c1-2-3-14-35-25(34)29-20(24(32)33)15-27-23(31)17-11-8-16(9-12-17)10-13-21-28-19-7-5-4-6-18(19)22(26)30-21/h4-9,11-12,20H,2-3,10,13-15H2,1H3,(H,27,31)(H,29,34)(H,32,33)(H2,26,28,30). The number of carboxylic acid groups (broad SMARTS) is 1. The number of aromatic nitrogens is 2. The van der Waals surface area contributed by atoms with Gasteiger partial charge < -0.3 is 26.2 Å². The van der Waals surface area contributed by atoms with Crippen LogP contribution in [0.2, 0.25) is 0 Å². The Morgan fingerprint density at radius 1 is 1.06 bits per heavy atom. The van der Waals surface area contributed by atoms with Gasteiger partial charge in [-0.25, -0.2) is 19.6 Å². The number of unbranched alkanes of at least 4 members (excludes halogenated alkanes) is 1. The number of fused-ring (bicyclic) bond motifs is 1. The predicted octanol–water partition coefficient (Wildman–Crippen LogP) is 2.71. The summed E-state index contributed by atoms with van der Waals surface area (Å²) in [7, 11) is 0. The van der Waals surface area contributed by atoms with Gasteiger partial charge >= 0.3 is 12.1 Å². The maximum atomic E-state index is 12.4. The SMILES string of the molecule is CCCCOC(=O)NC(CNC(=O)c1ccc(CCc2nc(N)c3ccccc3n2)cc1)C(=O)O. The smallest absolute Gasteiger partial charge is 0.407 e. The van der Waals surface area contributed by atoms with Crippen molar-refractivity contribution in [1.82, 2.24) is 20.6 Å². The zero-order valence-electron chi connectivity index (χ0n) is 19.5. The molecule has 0 saturated heterocycles. The van der Waals surface area contributed by atoms with E-state index in [0.29, 0.717) is 36.5 Å². The third-order valence-corrected chi connectivity index (χ3v) is 5.32. The Hall–Kier alpha value is -4.21. The Labute approximate surface area is 202 Å². The van der Waals surface area contributed by atoms with Crippen LogP contribution in [0.1, 0.15) is 41.5 Å². The van der Waals surface area contributed by atoms with E-state index in [1.165, 1.54) is 0 Å². The molecule has 2 amide bonds. The van der Waals surface area contributed by atoms with E-state index in [4.69, 9.17) is 10.5 Å². The minimum atomic E-state index is -1.30. The van der Waals surface area contributed by atoms with Gasteiger partial charge in [0.2, 0.25) is 0 Å². The van der Waals surface area contributed by atoms with Crippen LogP contribution in [0.5, 0.6) is 0 Å². The largest absolute Gasteiger partial charge is 0.480 e. The Morgan fingerprint density at radius 3 is 2.51 bits per heavy atom. The monoisotopic (exact) mass is 479 g/mol. The lowest BCUT2D eigenvalue weighted by Gasteiger charge is -2.15. The number of ether oxygens (including phenoxy) is 1. The van der Waals surface area contributed by atoms with Crippen molar-refractivity contribution in [3.8, 4) is 0 Å². The number of benzene rings is 2. The Kier molecular flexibility index (Phi) is 8.94. The van der Waals surface area contributed by atoms with Gasteiger partial charge in [-0.05, 0) is 42.7 Å². The average molecular weight is 480 g/mol. The average Bonchev–Trinajstić information content (AvgIpc) is 2.85. The second-order valence-corrected chi connectivity index (χ2v) is 7.97.